The fourth-order valence-corrected chi connectivity index (χ4v) is 4.00. The Morgan fingerprint density at radius 1 is 1.33 bits per heavy atom. The van der Waals surface area contributed by atoms with Gasteiger partial charge in [0.05, 0.1) is 11.9 Å². The average molecular weight is 306 g/mol. The second-order valence-electron chi connectivity index (χ2n) is 5.98. The van der Waals surface area contributed by atoms with Crippen LogP contribution in [0.1, 0.15) is 56.1 Å². The van der Waals surface area contributed by atoms with Gasteiger partial charge in [-0.25, -0.2) is 4.98 Å². The van der Waals surface area contributed by atoms with Crippen LogP contribution in [0.4, 0.5) is 0 Å². The molecular formula is C15H22N4OS. The molecule has 2 atom stereocenters. The standard InChI is InChI=1S/C15H22N4OS/c1-10-5-4-6-13(7-10)19-12(3)17-18-15(19)21-9-14-16-8-11(2)20-14/h8,10,13H,4-7,9H2,1-3H3/t10-,13+/m0/s1. The van der Waals surface area contributed by atoms with Crippen LogP contribution in [0.3, 0.4) is 0 Å². The van der Waals surface area contributed by atoms with Crippen molar-refractivity contribution >= 4 is 11.8 Å². The molecule has 2 aromatic rings. The fraction of sp³-hybridized carbons (Fsp3) is 0.667. The summed E-state index contributed by atoms with van der Waals surface area (Å²) in [6, 6.07) is 0.539. The third-order valence-corrected chi connectivity index (χ3v) is 5.03. The number of nitrogens with zero attached hydrogens (tertiary/aromatic N) is 4. The SMILES string of the molecule is Cc1cnc(CSc2nnc(C)n2[C@@H]2CCC[C@H](C)C2)o1. The second kappa shape index (κ2) is 6.22. The fourth-order valence-electron chi connectivity index (χ4n) is 3.10. The number of oxazole rings is 1. The highest BCUT2D eigenvalue weighted by atomic mass is 32.2. The van der Waals surface area contributed by atoms with Crippen LogP contribution in [-0.2, 0) is 5.75 Å². The van der Waals surface area contributed by atoms with Crippen molar-refractivity contribution in [3.63, 3.8) is 0 Å². The van der Waals surface area contributed by atoms with E-state index in [2.05, 4.69) is 26.7 Å². The van der Waals surface area contributed by atoms with E-state index >= 15 is 0 Å². The second-order valence-corrected chi connectivity index (χ2v) is 6.92. The van der Waals surface area contributed by atoms with Gasteiger partial charge in [-0.05, 0) is 32.6 Å². The Labute approximate surface area is 129 Å². The van der Waals surface area contributed by atoms with Crippen molar-refractivity contribution in [3.8, 4) is 0 Å². The zero-order valence-electron chi connectivity index (χ0n) is 12.9. The highest BCUT2D eigenvalue weighted by molar-refractivity contribution is 7.98. The molecular weight excluding hydrogens is 284 g/mol. The van der Waals surface area contributed by atoms with Crippen molar-refractivity contribution in [2.75, 3.05) is 0 Å². The van der Waals surface area contributed by atoms with Crippen LogP contribution in [0.15, 0.2) is 15.8 Å². The van der Waals surface area contributed by atoms with E-state index in [-0.39, 0.29) is 0 Å². The molecule has 6 heteroatoms. The minimum Gasteiger partial charge on any atom is -0.445 e. The van der Waals surface area contributed by atoms with Gasteiger partial charge < -0.3 is 8.98 Å². The summed E-state index contributed by atoms with van der Waals surface area (Å²) in [7, 11) is 0. The smallest absolute Gasteiger partial charge is 0.204 e. The van der Waals surface area contributed by atoms with Gasteiger partial charge in [-0.1, -0.05) is 31.5 Å². The molecule has 0 N–H and O–H groups in total. The molecule has 5 nitrogen and oxygen atoms in total. The molecule has 1 aliphatic rings. The van der Waals surface area contributed by atoms with E-state index in [1.54, 1.807) is 18.0 Å². The van der Waals surface area contributed by atoms with Crippen LogP contribution >= 0.6 is 11.8 Å². The normalized spacial score (nSPS) is 22.6. The molecule has 3 rings (SSSR count). The van der Waals surface area contributed by atoms with E-state index in [1.807, 2.05) is 13.8 Å². The maximum atomic E-state index is 5.53. The summed E-state index contributed by atoms with van der Waals surface area (Å²) in [6.07, 6.45) is 6.86. The molecule has 1 aliphatic carbocycles. The summed E-state index contributed by atoms with van der Waals surface area (Å²) >= 11 is 1.66. The van der Waals surface area contributed by atoms with Gasteiger partial charge in [0.2, 0.25) is 5.89 Å². The first-order valence-corrected chi connectivity index (χ1v) is 8.57. The molecule has 0 aliphatic heterocycles. The van der Waals surface area contributed by atoms with Crippen molar-refractivity contribution in [2.45, 2.75) is 63.4 Å². The molecule has 2 aromatic heterocycles. The molecule has 0 aromatic carbocycles. The highest BCUT2D eigenvalue weighted by Crippen LogP contribution is 2.35. The van der Waals surface area contributed by atoms with E-state index in [0.29, 0.717) is 11.8 Å². The van der Waals surface area contributed by atoms with Crippen molar-refractivity contribution < 1.29 is 4.42 Å². The average Bonchev–Trinajstić information content (AvgIpc) is 3.02. The van der Waals surface area contributed by atoms with Gasteiger partial charge in [-0.2, -0.15) is 0 Å². The molecule has 0 amide bonds. The zero-order chi connectivity index (χ0) is 14.8. The van der Waals surface area contributed by atoms with Crippen molar-refractivity contribution in [1.82, 2.24) is 19.7 Å². The summed E-state index contributed by atoms with van der Waals surface area (Å²) in [5.41, 5.74) is 0. The first kappa shape index (κ1) is 14.6. The lowest BCUT2D eigenvalue weighted by Crippen LogP contribution is -2.19. The third kappa shape index (κ3) is 3.31. The lowest BCUT2D eigenvalue weighted by atomic mass is 9.87. The summed E-state index contributed by atoms with van der Waals surface area (Å²) in [4.78, 5) is 4.25. The highest BCUT2D eigenvalue weighted by Gasteiger charge is 2.24. The van der Waals surface area contributed by atoms with Crippen LogP contribution in [0.25, 0.3) is 0 Å². The lowest BCUT2D eigenvalue weighted by Gasteiger charge is -2.29. The number of thioether (sulfide) groups is 1. The molecule has 114 valence electrons. The van der Waals surface area contributed by atoms with Gasteiger partial charge in [0.15, 0.2) is 5.16 Å². The minimum atomic E-state index is 0.539. The Morgan fingerprint density at radius 2 is 2.19 bits per heavy atom. The monoisotopic (exact) mass is 306 g/mol. The first-order valence-electron chi connectivity index (χ1n) is 7.59. The molecule has 0 unspecified atom stereocenters. The van der Waals surface area contributed by atoms with E-state index in [9.17, 15) is 0 Å². The predicted molar refractivity (Wildman–Crippen MR) is 82.2 cm³/mol. The Morgan fingerprint density at radius 3 is 2.90 bits per heavy atom. The summed E-state index contributed by atoms with van der Waals surface area (Å²) < 4.78 is 7.84. The Balaban J connectivity index is 1.73. The van der Waals surface area contributed by atoms with Crippen LogP contribution in [0.2, 0.25) is 0 Å². The van der Waals surface area contributed by atoms with Crippen molar-refractivity contribution in [1.29, 1.82) is 0 Å². The molecule has 2 heterocycles. The third-order valence-electron chi connectivity index (χ3n) is 4.10. The van der Waals surface area contributed by atoms with Gasteiger partial charge in [-0.3, -0.25) is 0 Å². The maximum Gasteiger partial charge on any atom is 0.204 e. The molecule has 0 spiro atoms. The van der Waals surface area contributed by atoms with Crippen LogP contribution in [-0.4, -0.2) is 19.7 Å². The van der Waals surface area contributed by atoms with E-state index in [4.69, 9.17) is 4.42 Å². The topological polar surface area (TPSA) is 56.7 Å². The van der Waals surface area contributed by atoms with Crippen LogP contribution in [0, 0.1) is 19.8 Å². The number of aryl methyl sites for hydroxylation is 2. The summed E-state index contributed by atoms with van der Waals surface area (Å²) in [5, 5.41) is 9.61. The lowest BCUT2D eigenvalue weighted by molar-refractivity contribution is 0.268. The van der Waals surface area contributed by atoms with E-state index in [1.165, 1.54) is 25.7 Å². The quantitative estimate of drug-likeness (QED) is 0.801. The van der Waals surface area contributed by atoms with Gasteiger partial charge in [-0.15, -0.1) is 10.2 Å². The molecule has 1 saturated carbocycles. The minimum absolute atomic E-state index is 0.539. The number of hydrogen-bond acceptors (Lipinski definition) is 5. The Hall–Kier alpha value is -1.30. The summed E-state index contributed by atoms with van der Waals surface area (Å²) in [5.74, 6) is 4.11. The van der Waals surface area contributed by atoms with E-state index in [0.717, 1.165) is 28.5 Å². The van der Waals surface area contributed by atoms with Crippen molar-refractivity contribution in [3.05, 3.63) is 23.7 Å². The van der Waals surface area contributed by atoms with Gasteiger partial charge in [0, 0.05) is 6.04 Å². The number of hydrogen-bond donors (Lipinski definition) is 0. The van der Waals surface area contributed by atoms with Gasteiger partial charge in [0.25, 0.3) is 0 Å². The number of aromatic nitrogens is 4. The first-order chi connectivity index (χ1) is 10.1. The molecule has 1 fully saturated rings. The van der Waals surface area contributed by atoms with Gasteiger partial charge in [0.1, 0.15) is 11.6 Å². The predicted octanol–water partition coefficient (Wildman–Crippen LogP) is 3.93. The molecule has 0 bridgehead atoms. The van der Waals surface area contributed by atoms with Crippen molar-refractivity contribution in [2.24, 2.45) is 5.92 Å². The Kier molecular flexibility index (Phi) is 4.33. The van der Waals surface area contributed by atoms with E-state index < -0.39 is 0 Å². The molecule has 0 radical (unpaired) electrons. The summed E-state index contributed by atoms with van der Waals surface area (Å²) in [6.45, 7) is 6.30. The molecule has 21 heavy (non-hydrogen) atoms. The largest absolute Gasteiger partial charge is 0.445 e. The van der Waals surface area contributed by atoms with Crippen LogP contribution < -0.4 is 0 Å². The molecule has 0 saturated heterocycles. The number of rotatable bonds is 4. The van der Waals surface area contributed by atoms with Gasteiger partial charge >= 0.3 is 0 Å². The van der Waals surface area contributed by atoms with Crippen LogP contribution in [0.5, 0.6) is 0 Å². The Bertz CT molecular complexity index is 607. The maximum absolute atomic E-state index is 5.53. The zero-order valence-corrected chi connectivity index (χ0v) is 13.7.